The Kier molecular flexibility index (Phi) is 1.89. The molecule has 0 spiro atoms. The maximum absolute atomic E-state index is 10.5. The van der Waals surface area contributed by atoms with E-state index in [1.807, 2.05) is 0 Å². The summed E-state index contributed by atoms with van der Waals surface area (Å²) < 4.78 is 19.8. The SMILES string of the molecule is C#CC(C)(C)S(N)(=O)=O. The van der Waals surface area contributed by atoms with E-state index in [0.717, 1.165) is 0 Å². The molecule has 0 amide bonds. The second kappa shape index (κ2) is 2.01. The zero-order valence-electron chi connectivity index (χ0n) is 5.38. The molecule has 9 heavy (non-hydrogen) atoms. The van der Waals surface area contributed by atoms with Crippen LogP contribution in [0.3, 0.4) is 0 Å². The molecule has 0 heterocycles. The van der Waals surface area contributed by atoms with Gasteiger partial charge in [-0.25, -0.2) is 13.6 Å². The normalized spacial score (nSPS) is 12.7. The van der Waals surface area contributed by atoms with E-state index >= 15 is 0 Å². The molecule has 4 heteroatoms. The lowest BCUT2D eigenvalue weighted by Crippen LogP contribution is -2.35. The van der Waals surface area contributed by atoms with Crippen LogP contribution in [0.15, 0.2) is 0 Å². The lowest BCUT2D eigenvalue weighted by Gasteiger charge is -2.12. The Labute approximate surface area is 55.3 Å². The highest BCUT2D eigenvalue weighted by molar-refractivity contribution is 7.90. The van der Waals surface area contributed by atoms with Gasteiger partial charge in [0.2, 0.25) is 10.0 Å². The molecule has 2 N–H and O–H groups in total. The van der Waals surface area contributed by atoms with E-state index in [0.29, 0.717) is 0 Å². The van der Waals surface area contributed by atoms with Crippen LogP contribution in [0, 0.1) is 12.3 Å². The molecule has 0 aromatic rings. The van der Waals surface area contributed by atoms with Crippen molar-refractivity contribution in [2.24, 2.45) is 5.14 Å². The lowest BCUT2D eigenvalue weighted by molar-refractivity contribution is 0.577. The molecular formula is C5H9NO2S. The first-order valence-electron chi connectivity index (χ1n) is 2.31. The van der Waals surface area contributed by atoms with Crippen LogP contribution in [0.4, 0.5) is 0 Å². The highest BCUT2D eigenvalue weighted by Crippen LogP contribution is 2.09. The van der Waals surface area contributed by atoms with E-state index in [1.165, 1.54) is 13.8 Å². The fraction of sp³-hybridized carbons (Fsp3) is 0.600. The molecule has 52 valence electrons. The lowest BCUT2D eigenvalue weighted by atomic mass is 10.2. The van der Waals surface area contributed by atoms with Crippen molar-refractivity contribution in [1.82, 2.24) is 0 Å². The van der Waals surface area contributed by atoms with Gasteiger partial charge in [-0.05, 0) is 13.8 Å². The minimum absolute atomic E-state index is 1.24. The summed E-state index contributed by atoms with van der Waals surface area (Å²) in [6.07, 6.45) is 4.88. The summed E-state index contributed by atoms with van der Waals surface area (Å²) >= 11 is 0. The number of nitrogens with two attached hydrogens (primary N) is 1. The van der Waals surface area contributed by atoms with Crippen LogP contribution in [0.5, 0.6) is 0 Å². The monoisotopic (exact) mass is 147 g/mol. The summed E-state index contributed by atoms with van der Waals surface area (Å²) in [5.74, 6) is 2.07. The maximum Gasteiger partial charge on any atom is 0.225 e. The first kappa shape index (κ1) is 8.47. The second-order valence-corrected chi connectivity index (χ2v) is 4.31. The van der Waals surface area contributed by atoms with Crippen molar-refractivity contribution in [3.63, 3.8) is 0 Å². The summed E-state index contributed by atoms with van der Waals surface area (Å²) in [5.41, 5.74) is 0. The quantitative estimate of drug-likeness (QED) is 0.517. The van der Waals surface area contributed by atoms with Crippen molar-refractivity contribution >= 4 is 10.0 Å². The Bertz CT molecular complexity index is 232. The van der Waals surface area contributed by atoms with Gasteiger partial charge in [0.25, 0.3) is 0 Å². The molecule has 0 unspecified atom stereocenters. The van der Waals surface area contributed by atoms with E-state index in [9.17, 15) is 8.42 Å². The molecular weight excluding hydrogens is 138 g/mol. The maximum atomic E-state index is 10.5. The highest BCUT2D eigenvalue weighted by atomic mass is 32.2. The van der Waals surface area contributed by atoms with Crippen molar-refractivity contribution in [2.45, 2.75) is 18.6 Å². The van der Waals surface area contributed by atoms with Crippen LogP contribution in [-0.2, 0) is 10.0 Å². The molecule has 0 rings (SSSR count). The van der Waals surface area contributed by atoms with Gasteiger partial charge in [-0.15, -0.1) is 6.42 Å². The predicted molar refractivity (Wildman–Crippen MR) is 36.0 cm³/mol. The first-order valence-corrected chi connectivity index (χ1v) is 3.86. The van der Waals surface area contributed by atoms with Crippen molar-refractivity contribution in [1.29, 1.82) is 0 Å². The van der Waals surface area contributed by atoms with Gasteiger partial charge in [-0.1, -0.05) is 5.92 Å². The Balaban J connectivity index is 4.85. The fourth-order valence-corrected chi connectivity index (χ4v) is 0.246. The van der Waals surface area contributed by atoms with E-state index in [1.54, 1.807) is 0 Å². The Morgan fingerprint density at radius 1 is 1.56 bits per heavy atom. The molecule has 0 saturated carbocycles. The number of terminal acetylenes is 1. The van der Waals surface area contributed by atoms with Gasteiger partial charge in [0.05, 0.1) is 0 Å². The number of hydrogen-bond acceptors (Lipinski definition) is 2. The van der Waals surface area contributed by atoms with Gasteiger partial charge in [0, 0.05) is 0 Å². The van der Waals surface area contributed by atoms with E-state index < -0.39 is 14.8 Å². The van der Waals surface area contributed by atoms with Gasteiger partial charge in [0.15, 0.2) is 0 Å². The average molecular weight is 147 g/mol. The molecule has 0 atom stereocenters. The van der Waals surface area contributed by atoms with Crippen molar-refractivity contribution in [2.75, 3.05) is 0 Å². The standard InChI is InChI=1S/C5H9NO2S/c1-4-5(2,3)9(6,7)8/h1H,2-3H3,(H2,6,7,8). The summed E-state index contributed by atoms with van der Waals surface area (Å²) in [7, 11) is -3.59. The van der Waals surface area contributed by atoms with Crippen LogP contribution in [0.1, 0.15) is 13.8 Å². The van der Waals surface area contributed by atoms with Gasteiger partial charge < -0.3 is 0 Å². The van der Waals surface area contributed by atoms with Crippen LogP contribution in [0.2, 0.25) is 0 Å². The van der Waals surface area contributed by atoms with Gasteiger partial charge in [-0.2, -0.15) is 0 Å². The summed E-state index contributed by atoms with van der Waals surface area (Å²) in [5, 5.41) is 4.75. The highest BCUT2D eigenvalue weighted by Gasteiger charge is 2.27. The third-order valence-electron chi connectivity index (χ3n) is 1.06. The first-order chi connectivity index (χ1) is 3.81. The molecule has 0 aromatic heterocycles. The molecule has 0 bridgehead atoms. The number of sulfonamides is 1. The summed E-state index contributed by atoms with van der Waals surface area (Å²) in [6.45, 7) is 2.75. The fourth-order valence-electron chi connectivity index (χ4n) is 0.0821. The van der Waals surface area contributed by atoms with Crippen LogP contribution in [-0.4, -0.2) is 13.2 Å². The minimum Gasteiger partial charge on any atom is -0.227 e. The minimum atomic E-state index is -3.59. The van der Waals surface area contributed by atoms with Crippen molar-refractivity contribution in [3.05, 3.63) is 0 Å². The largest absolute Gasteiger partial charge is 0.227 e. The molecule has 3 nitrogen and oxygen atoms in total. The van der Waals surface area contributed by atoms with E-state index in [-0.39, 0.29) is 0 Å². The summed E-state index contributed by atoms with van der Waals surface area (Å²) in [4.78, 5) is 0. The molecule has 0 aliphatic heterocycles. The molecule has 0 aliphatic rings. The topological polar surface area (TPSA) is 60.2 Å². The van der Waals surface area contributed by atoms with Gasteiger partial charge >= 0.3 is 0 Å². The van der Waals surface area contributed by atoms with Crippen LogP contribution < -0.4 is 5.14 Å². The molecule has 0 saturated heterocycles. The zero-order valence-corrected chi connectivity index (χ0v) is 6.20. The number of rotatable bonds is 1. The Morgan fingerprint density at radius 3 is 1.89 bits per heavy atom. The average Bonchev–Trinajstić information content (AvgIpc) is 1.64. The third-order valence-corrected chi connectivity index (χ3v) is 2.60. The van der Waals surface area contributed by atoms with Crippen molar-refractivity contribution in [3.8, 4) is 12.3 Å². The second-order valence-electron chi connectivity index (χ2n) is 2.20. The number of primary sulfonamides is 1. The van der Waals surface area contributed by atoms with E-state index in [2.05, 4.69) is 5.92 Å². The van der Waals surface area contributed by atoms with Crippen molar-refractivity contribution < 1.29 is 8.42 Å². The van der Waals surface area contributed by atoms with Gasteiger partial charge in [-0.3, -0.25) is 0 Å². The Hall–Kier alpha value is -0.530. The molecule has 0 radical (unpaired) electrons. The molecule has 0 aliphatic carbocycles. The zero-order chi connectivity index (χ0) is 7.71. The predicted octanol–water partition coefficient (Wildman–Crippen LogP) is -0.313. The Morgan fingerprint density at radius 2 is 1.89 bits per heavy atom. The smallest absolute Gasteiger partial charge is 0.225 e. The van der Waals surface area contributed by atoms with E-state index in [4.69, 9.17) is 11.6 Å². The third kappa shape index (κ3) is 1.70. The molecule has 0 aromatic carbocycles. The van der Waals surface area contributed by atoms with Gasteiger partial charge in [0.1, 0.15) is 4.75 Å². The number of hydrogen-bond donors (Lipinski definition) is 1. The molecule has 0 fully saturated rings. The van der Waals surface area contributed by atoms with Crippen LogP contribution in [0.25, 0.3) is 0 Å². The van der Waals surface area contributed by atoms with Crippen LogP contribution >= 0.6 is 0 Å². The summed E-state index contributed by atoms with van der Waals surface area (Å²) in [6, 6.07) is 0.